The van der Waals surface area contributed by atoms with Gasteiger partial charge in [0.2, 0.25) is 0 Å². The molecule has 0 spiro atoms. The Labute approximate surface area is 134 Å². The first-order chi connectivity index (χ1) is 10.5. The first-order valence-electron chi connectivity index (χ1n) is 8.36. The number of amides is 1. The molecule has 0 saturated carbocycles. The second kappa shape index (κ2) is 7.63. The van der Waals surface area contributed by atoms with Crippen molar-refractivity contribution >= 4 is 11.6 Å². The summed E-state index contributed by atoms with van der Waals surface area (Å²) < 4.78 is 0. The molecule has 3 N–H and O–H groups in total. The van der Waals surface area contributed by atoms with Gasteiger partial charge in [0.15, 0.2) is 0 Å². The van der Waals surface area contributed by atoms with Crippen LogP contribution in [0.2, 0.25) is 0 Å². The fourth-order valence-corrected chi connectivity index (χ4v) is 2.69. The van der Waals surface area contributed by atoms with Crippen LogP contribution in [-0.4, -0.2) is 31.1 Å². The molecular weight excluding hydrogens is 274 g/mol. The maximum absolute atomic E-state index is 12.5. The third-order valence-electron chi connectivity index (χ3n) is 4.59. The molecule has 122 valence electrons. The molecule has 1 heterocycles. The van der Waals surface area contributed by atoms with Crippen LogP contribution in [0.15, 0.2) is 18.2 Å². The van der Waals surface area contributed by atoms with Crippen LogP contribution in [0.5, 0.6) is 0 Å². The van der Waals surface area contributed by atoms with E-state index in [1.54, 1.807) is 0 Å². The molecular formula is C18H29N3O. The fraction of sp³-hybridized carbons (Fsp3) is 0.611. The fourth-order valence-electron chi connectivity index (χ4n) is 2.69. The van der Waals surface area contributed by atoms with Crippen LogP contribution in [0.25, 0.3) is 0 Å². The van der Waals surface area contributed by atoms with Gasteiger partial charge < -0.3 is 16.0 Å². The van der Waals surface area contributed by atoms with E-state index >= 15 is 0 Å². The van der Waals surface area contributed by atoms with Crippen molar-refractivity contribution in [2.75, 3.05) is 18.4 Å². The van der Waals surface area contributed by atoms with Gasteiger partial charge >= 0.3 is 0 Å². The lowest BCUT2D eigenvalue weighted by molar-refractivity contribution is 0.0930. The quantitative estimate of drug-likeness (QED) is 0.784. The number of anilines is 1. The summed E-state index contributed by atoms with van der Waals surface area (Å²) >= 11 is 0. The zero-order chi connectivity index (χ0) is 16.1. The van der Waals surface area contributed by atoms with Crippen LogP contribution < -0.4 is 16.0 Å². The summed E-state index contributed by atoms with van der Waals surface area (Å²) in [5.74, 6) is 0.581. The third-order valence-corrected chi connectivity index (χ3v) is 4.59. The molecule has 1 saturated heterocycles. The Kier molecular flexibility index (Phi) is 5.83. The molecule has 0 aliphatic carbocycles. The lowest BCUT2D eigenvalue weighted by Crippen LogP contribution is -2.45. The van der Waals surface area contributed by atoms with Crippen molar-refractivity contribution in [1.29, 1.82) is 0 Å². The highest BCUT2D eigenvalue weighted by Gasteiger charge is 2.19. The highest BCUT2D eigenvalue weighted by Crippen LogP contribution is 2.21. The molecule has 1 fully saturated rings. The Morgan fingerprint density at radius 2 is 2.09 bits per heavy atom. The van der Waals surface area contributed by atoms with E-state index in [2.05, 4.69) is 36.7 Å². The Bertz CT molecular complexity index is 507. The number of carbonyl (C=O) groups excluding carboxylic acids is 1. The van der Waals surface area contributed by atoms with Gasteiger partial charge in [-0.15, -0.1) is 0 Å². The van der Waals surface area contributed by atoms with Crippen LogP contribution in [0.4, 0.5) is 5.69 Å². The lowest BCUT2D eigenvalue weighted by atomic mass is 10.0. The first-order valence-corrected chi connectivity index (χ1v) is 8.36. The highest BCUT2D eigenvalue weighted by molar-refractivity contribution is 5.97. The number of carbonyl (C=O) groups is 1. The third kappa shape index (κ3) is 4.23. The molecule has 0 bridgehead atoms. The van der Waals surface area contributed by atoms with E-state index < -0.39 is 0 Å². The number of hydrogen-bond donors (Lipinski definition) is 3. The highest BCUT2D eigenvalue weighted by atomic mass is 16.1. The Morgan fingerprint density at radius 3 is 2.73 bits per heavy atom. The molecule has 4 nitrogen and oxygen atoms in total. The minimum atomic E-state index is 0.0343. The summed E-state index contributed by atoms with van der Waals surface area (Å²) in [6.45, 7) is 10.5. The average molecular weight is 303 g/mol. The average Bonchev–Trinajstić information content (AvgIpc) is 2.50. The molecule has 1 aliphatic rings. The van der Waals surface area contributed by atoms with Gasteiger partial charge in [-0.2, -0.15) is 0 Å². The number of nitrogens with one attached hydrogen (secondary N) is 3. The molecule has 1 amide bonds. The lowest BCUT2D eigenvalue weighted by Gasteiger charge is -2.25. The predicted molar refractivity (Wildman–Crippen MR) is 92.5 cm³/mol. The predicted octanol–water partition coefficient (Wildman–Crippen LogP) is 2.93. The molecule has 1 aromatic carbocycles. The van der Waals surface area contributed by atoms with Crippen LogP contribution in [0, 0.1) is 12.8 Å². The van der Waals surface area contributed by atoms with Gasteiger partial charge in [-0.05, 0) is 56.8 Å². The van der Waals surface area contributed by atoms with Crippen LogP contribution in [0.3, 0.4) is 0 Å². The monoisotopic (exact) mass is 303 g/mol. The normalized spacial score (nSPS) is 19.8. The molecule has 0 radical (unpaired) electrons. The van der Waals surface area contributed by atoms with Crippen molar-refractivity contribution in [3.63, 3.8) is 0 Å². The summed E-state index contributed by atoms with van der Waals surface area (Å²) in [5, 5.41) is 10.00. The standard InChI is InChI=1S/C18H29N3O/c1-12(2)14(4)20-17-9-5-8-16(13(17)3)18(22)21-15-7-6-10-19-11-15/h5,8-9,12,14-15,19-20H,6-7,10-11H2,1-4H3,(H,21,22)/t14?,15-/m0/s1. The first kappa shape index (κ1) is 16.8. The summed E-state index contributed by atoms with van der Waals surface area (Å²) in [7, 11) is 0. The maximum atomic E-state index is 12.5. The van der Waals surface area contributed by atoms with Gasteiger partial charge in [-0.1, -0.05) is 19.9 Å². The SMILES string of the molecule is Cc1c(NC(C)C(C)C)cccc1C(=O)N[C@H]1CCCNC1. The van der Waals surface area contributed by atoms with E-state index in [1.807, 2.05) is 25.1 Å². The molecule has 22 heavy (non-hydrogen) atoms. The van der Waals surface area contributed by atoms with E-state index in [0.717, 1.165) is 42.7 Å². The summed E-state index contributed by atoms with van der Waals surface area (Å²) in [6.07, 6.45) is 2.18. The Balaban J connectivity index is 2.08. The zero-order valence-electron chi connectivity index (χ0n) is 14.2. The smallest absolute Gasteiger partial charge is 0.251 e. The second-order valence-electron chi connectivity index (χ2n) is 6.67. The molecule has 1 unspecified atom stereocenters. The minimum Gasteiger partial charge on any atom is -0.382 e. The van der Waals surface area contributed by atoms with Crippen molar-refractivity contribution in [2.24, 2.45) is 5.92 Å². The van der Waals surface area contributed by atoms with Gasteiger partial charge in [0.25, 0.3) is 5.91 Å². The van der Waals surface area contributed by atoms with Crippen LogP contribution in [0.1, 0.15) is 49.5 Å². The van der Waals surface area contributed by atoms with E-state index in [-0.39, 0.29) is 11.9 Å². The van der Waals surface area contributed by atoms with Crippen LogP contribution >= 0.6 is 0 Å². The van der Waals surface area contributed by atoms with Gasteiger partial charge in [-0.25, -0.2) is 0 Å². The molecule has 2 atom stereocenters. The second-order valence-corrected chi connectivity index (χ2v) is 6.67. The Morgan fingerprint density at radius 1 is 1.32 bits per heavy atom. The van der Waals surface area contributed by atoms with E-state index in [4.69, 9.17) is 0 Å². The van der Waals surface area contributed by atoms with Gasteiger partial charge in [0.1, 0.15) is 0 Å². The van der Waals surface area contributed by atoms with Crippen molar-refractivity contribution in [1.82, 2.24) is 10.6 Å². The minimum absolute atomic E-state index is 0.0343. The topological polar surface area (TPSA) is 53.2 Å². The largest absolute Gasteiger partial charge is 0.382 e. The van der Waals surface area contributed by atoms with E-state index in [9.17, 15) is 4.79 Å². The molecule has 4 heteroatoms. The Hall–Kier alpha value is -1.55. The number of piperidine rings is 1. The summed E-state index contributed by atoms with van der Waals surface area (Å²) in [6, 6.07) is 6.53. The van der Waals surface area contributed by atoms with Crippen LogP contribution in [-0.2, 0) is 0 Å². The van der Waals surface area contributed by atoms with Gasteiger partial charge in [-0.3, -0.25) is 4.79 Å². The van der Waals surface area contributed by atoms with Gasteiger partial charge in [0, 0.05) is 29.9 Å². The van der Waals surface area contributed by atoms with Gasteiger partial charge in [0.05, 0.1) is 0 Å². The summed E-state index contributed by atoms with van der Waals surface area (Å²) in [4.78, 5) is 12.5. The van der Waals surface area contributed by atoms with Crippen molar-refractivity contribution < 1.29 is 4.79 Å². The van der Waals surface area contributed by atoms with E-state index in [0.29, 0.717) is 12.0 Å². The van der Waals surface area contributed by atoms with E-state index in [1.165, 1.54) is 0 Å². The molecule has 0 aromatic heterocycles. The summed E-state index contributed by atoms with van der Waals surface area (Å²) in [5.41, 5.74) is 2.85. The molecule has 1 aromatic rings. The van der Waals surface area contributed by atoms with Crippen molar-refractivity contribution in [2.45, 2.75) is 52.6 Å². The molecule has 2 rings (SSSR count). The number of hydrogen-bond acceptors (Lipinski definition) is 3. The zero-order valence-corrected chi connectivity index (χ0v) is 14.2. The maximum Gasteiger partial charge on any atom is 0.251 e. The molecule has 1 aliphatic heterocycles. The van der Waals surface area contributed by atoms with Crippen molar-refractivity contribution in [3.05, 3.63) is 29.3 Å². The number of benzene rings is 1. The number of rotatable bonds is 5. The van der Waals surface area contributed by atoms with Crippen molar-refractivity contribution in [3.8, 4) is 0 Å².